The fourth-order valence-electron chi connectivity index (χ4n) is 2.56. The molecule has 100 valence electrons. The molecule has 2 nitrogen and oxygen atoms in total. The molecular weight excluding hydrogens is 234 g/mol. The topological polar surface area (TPSA) is 15.3 Å². The van der Waals surface area contributed by atoms with Crippen molar-refractivity contribution in [2.24, 2.45) is 5.92 Å². The third-order valence-corrected chi connectivity index (χ3v) is 3.68. The van der Waals surface area contributed by atoms with Gasteiger partial charge in [0.1, 0.15) is 11.6 Å². The van der Waals surface area contributed by atoms with Crippen LogP contribution in [0.25, 0.3) is 0 Å². The van der Waals surface area contributed by atoms with Crippen molar-refractivity contribution < 1.29 is 8.78 Å². The number of nitrogens with one attached hydrogen (secondary N) is 1. The smallest absolute Gasteiger partial charge is 0.130 e. The Bertz CT molecular complexity index is 409. The van der Waals surface area contributed by atoms with Crippen LogP contribution in [0.1, 0.15) is 18.9 Å². The summed E-state index contributed by atoms with van der Waals surface area (Å²) in [6, 6.07) is 4.16. The molecule has 0 aromatic heterocycles. The van der Waals surface area contributed by atoms with Crippen LogP contribution in [0.4, 0.5) is 8.78 Å². The average Bonchev–Trinajstić information content (AvgIpc) is 2.30. The minimum absolute atomic E-state index is 0.408. The van der Waals surface area contributed by atoms with E-state index in [0.717, 1.165) is 25.6 Å². The summed E-state index contributed by atoms with van der Waals surface area (Å²) < 4.78 is 26.3. The lowest BCUT2D eigenvalue weighted by molar-refractivity contribution is 0.174. The van der Waals surface area contributed by atoms with Gasteiger partial charge in [-0.2, -0.15) is 0 Å². The summed E-state index contributed by atoms with van der Waals surface area (Å²) in [4.78, 5) is 2.31. The number of halogens is 2. The minimum Gasteiger partial charge on any atom is -0.309 e. The first-order valence-electron chi connectivity index (χ1n) is 6.42. The van der Waals surface area contributed by atoms with E-state index < -0.39 is 11.6 Å². The van der Waals surface area contributed by atoms with Crippen LogP contribution in [0.2, 0.25) is 0 Å². The zero-order valence-corrected chi connectivity index (χ0v) is 10.9. The van der Waals surface area contributed by atoms with Gasteiger partial charge in [-0.15, -0.1) is 0 Å². The first-order valence-corrected chi connectivity index (χ1v) is 6.42. The first kappa shape index (κ1) is 13.4. The van der Waals surface area contributed by atoms with E-state index in [1.54, 1.807) is 0 Å². The third-order valence-electron chi connectivity index (χ3n) is 3.68. The number of nitrogens with zero attached hydrogens (tertiary/aromatic N) is 1. The number of hydrogen-bond acceptors (Lipinski definition) is 2. The second kappa shape index (κ2) is 5.76. The van der Waals surface area contributed by atoms with Gasteiger partial charge in [-0.25, -0.2) is 8.78 Å². The Kier molecular flexibility index (Phi) is 4.30. The van der Waals surface area contributed by atoms with Gasteiger partial charge in [0, 0.05) is 30.8 Å². The van der Waals surface area contributed by atoms with Crippen LogP contribution in [-0.4, -0.2) is 31.1 Å². The summed E-state index contributed by atoms with van der Waals surface area (Å²) in [7, 11) is 2.12. The van der Waals surface area contributed by atoms with Crippen molar-refractivity contribution in [3.8, 4) is 0 Å². The summed E-state index contributed by atoms with van der Waals surface area (Å²) in [5.41, 5.74) is 0.530. The van der Waals surface area contributed by atoms with Gasteiger partial charge in [-0.1, -0.05) is 13.0 Å². The van der Waals surface area contributed by atoms with Crippen molar-refractivity contribution >= 4 is 0 Å². The molecule has 18 heavy (non-hydrogen) atoms. The highest BCUT2D eigenvalue weighted by Gasteiger charge is 2.23. The second-order valence-corrected chi connectivity index (χ2v) is 5.25. The van der Waals surface area contributed by atoms with E-state index >= 15 is 0 Å². The Morgan fingerprint density at radius 3 is 2.83 bits per heavy atom. The van der Waals surface area contributed by atoms with Gasteiger partial charge < -0.3 is 10.2 Å². The molecular formula is C14H20F2N2. The van der Waals surface area contributed by atoms with Gasteiger partial charge >= 0.3 is 0 Å². The first-order chi connectivity index (χ1) is 8.56. The lowest BCUT2D eigenvalue weighted by Gasteiger charge is -2.35. The Balaban J connectivity index is 1.91. The minimum atomic E-state index is -0.524. The van der Waals surface area contributed by atoms with Crippen molar-refractivity contribution in [3.63, 3.8) is 0 Å². The highest BCUT2D eigenvalue weighted by molar-refractivity contribution is 5.18. The summed E-state index contributed by atoms with van der Waals surface area (Å²) in [6.07, 6.45) is 1.07. The van der Waals surface area contributed by atoms with Gasteiger partial charge in [0.25, 0.3) is 0 Å². The van der Waals surface area contributed by atoms with Crippen LogP contribution in [-0.2, 0) is 6.54 Å². The average molecular weight is 254 g/mol. The molecule has 0 radical (unpaired) electrons. The highest BCUT2D eigenvalue weighted by Crippen LogP contribution is 2.17. The second-order valence-electron chi connectivity index (χ2n) is 5.25. The normalized spacial score (nSPS) is 25.3. The molecule has 2 atom stereocenters. The number of benzene rings is 1. The number of rotatable bonds is 3. The molecule has 0 bridgehead atoms. The maximum absolute atomic E-state index is 13.5. The van der Waals surface area contributed by atoms with Crippen LogP contribution in [0, 0.1) is 17.6 Å². The standard InChI is InChI=1S/C14H20F2N2/c1-10-9-18(2)6-5-14(10)17-8-11-3-4-12(15)7-13(11)16/h3-4,7,10,14,17H,5-6,8-9H2,1-2H3/t10-,14-/m1/s1. The van der Waals surface area contributed by atoms with E-state index in [4.69, 9.17) is 0 Å². The molecule has 1 aliphatic rings. The maximum Gasteiger partial charge on any atom is 0.130 e. The molecule has 2 rings (SSSR count). The van der Waals surface area contributed by atoms with E-state index in [-0.39, 0.29) is 0 Å². The Labute approximate surface area is 107 Å². The maximum atomic E-state index is 13.5. The van der Waals surface area contributed by atoms with Gasteiger partial charge in [0.05, 0.1) is 0 Å². The zero-order valence-electron chi connectivity index (χ0n) is 10.9. The van der Waals surface area contributed by atoms with Crippen molar-refractivity contribution in [2.75, 3.05) is 20.1 Å². The summed E-state index contributed by atoms with van der Waals surface area (Å²) in [5, 5.41) is 3.38. The molecule has 1 heterocycles. The molecule has 0 aliphatic carbocycles. The molecule has 1 aliphatic heterocycles. The molecule has 0 unspecified atom stereocenters. The molecule has 1 aromatic rings. The van der Waals surface area contributed by atoms with E-state index in [1.807, 2.05) is 0 Å². The predicted molar refractivity (Wildman–Crippen MR) is 68.3 cm³/mol. The molecule has 0 amide bonds. The van der Waals surface area contributed by atoms with Crippen molar-refractivity contribution in [3.05, 3.63) is 35.4 Å². The van der Waals surface area contributed by atoms with Gasteiger partial charge in [0.15, 0.2) is 0 Å². The Morgan fingerprint density at radius 1 is 1.39 bits per heavy atom. The Morgan fingerprint density at radius 2 is 2.17 bits per heavy atom. The number of likely N-dealkylation sites (tertiary alicyclic amines) is 1. The summed E-state index contributed by atoms with van der Waals surface area (Å²) >= 11 is 0. The van der Waals surface area contributed by atoms with Crippen LogP contribution < -0.4 is 5.32 Å². The van der Waals surface area contributed by atoms with Gasteiger partial charge in [-0.3, -0.25) is 0 Å². The van der Waals surface area contributed by atoms with Crippen LogP contribution in [0.3, 0.4) is 0 Å². The monoisotopic (exact) mass is 254 g/mol. The molecule has 1 N–H and O–H groups in total. The fourth-order valence-corrected chi connectivity index (χ4v) is 2.56. The van der Waals surface area contributed by atoms with Gasteiger partial charge in [0.2, 0.25) is 0 Å². The van der Waals surface area contributed by atoms with Crippen molar-refractivity contribution in [2.45, 2.75) is 25.9 Å². The fraction of sp³-hybridized carbons (Fsp3) is 0.571. The van der Waals surface area contributed by atoms with Crippen LogP contribution in [0.5, 0.6) is 0 Å². The van der Waals surface area contributed by atoms with E-state index in [9.17, 15) is 8.78 Å². The predicted octanol–water partition coefficient (Wildman–Crippen LogP) is 2.39. The molecule has 1 aromatic carbocycles. The van der Waals surface area contributed by atoms with E-state index in [0.29, 0.717) is 24.1 Å². The highest BCUT2D eigenvalue weighted by atomic mass is 19.1. The van der Waals surface area contributed by atoms with Gasteiger partial charge in [-0.05, 0) is 32.0 Å². The number of hydrogen-bond donors (Lipinski definition) is 1. The molecule has 1 fully saturated rings. The molecule has 0 saturated carbocycles. The lowest BCUT2D eigenvalue weighted by Crippen LogP contribution is -2.46. The largest absolute Gasteiger partial charge is 0.309 e. The third kappa shape index (κ3) is 3.27. The number of piperidine rings is 1. The zero-order chi connectivity index (χ0) is 13.1. The molecule has 4 heteroatoms. The SMILES string of the molecule is C[C@@H]1CN(C)CC[C@H]1NCc1ccc(F)cc1F. The van der Waals surface area contributed by atoms with E-state index in [1.165, 1.54) is 12.1 Å². The van der Waals surface area contributed by atoms with Crippen molar-refractivity contribution in [1.29, 1.82) is 0 Å². The van der Waals surface area contributed by atoms with Crippen molar-refractivity contribution in [1.82, 2.24) is 10.2 Å². The summed E-state index contributed by atoms with van der Waals surface area (Å²) in [5.74, 6) is -0.445. The molecule has 0 spiro atoms. The lowest BCUT2D eigenvalue weighted by atomic mass is 9.94. The van der Waals surface area contributed by atoms with Crippen LogP contribution in [0.15, 0.2) is 18.2 Å². The molecule has 1 saturated heterocycles. The quantitative estimate of drug-likeness (QED) is 0.891. The van der Waals surface area contributed by atoms with Crippen LogP contribution >= 0.6 is 0 Å². The Hall–Kier alpha value is -1.00. The summed E-state index contributed by atoms with van der Waals surface area (Å²) in [6.45, 7) is 4.79. The van der Waals surface area contributed by atoms with E-state index in [2.05, 4.69) is 24.2 Å².